The molecule has 0 amide bonds. The molecule has 9 heteroatoms. The molecular weight excluding hydrogens is 456 g/mol. The maximum atomic E-state index is 11.2. The average molecular weight is 483 g/mol. The third-order valence-electron chi connectivity index (χ3n) is 4.24. The molecular formula is C24H26CaO8. The predicted octanol–water partition coefficient (Wildman–Crippen LogP) is 0.631. The molecule has 0 aliphatic rings. The van der Waals surface area contributed by atoms with Crippen LogP contribution >= 0.6 is 0 Å². The molecule has 33 heavy (non-hydrogen) atoms. The first-order valence-corrected chi connectivity index (χ1v) is 9.99. The van der Waals surface area contributed by atoms with Gasteiger partial charge in [-0.2, -0.15) is 0 Å². The number of aliphatic carboxylic acids is 2. The fourth-order valence-electron chi connectivity index (χ4n) is 2.26. The van der Waals surface area contributed by atoms with Crippen LogP contribution in [0.25, 0.3) is 0 Å². The van der Waals surface area contributed by atoms with Gasteiger partial charge in [-0.1, -0.05) is 74.5 Å². The van der Waals surface area contributed by atoms with Gasteiger partial charge in [0, 0.05) is 23.8 Å². The van der Waals surface area contributed by atoms with E-state index < -0.39 is 35.7 Å². The van der Waals surface area contributed by atoms with Gasteiger partial charge in [0.1, 0.15) is 13.2 Å². The van der Waals surface area contributed by atoms with Crippen molar-refractivity contribution < 1.29 is 38.9 Å². The van der Waals surface area contributed by atoms with Crippen LogP contribution in [0.5, 0.6) is 0 Å². The molecule has 0 aromatic heterocycles. The molecule has 2 rings (SSSR count). The van der Waals surface area contributed by atoms with Gasteiger partial charge in [0.05, 0.1) is 12.8 Å². The Morgan fingerprint density at radius 3 is 1.24 bits per heavy atom. The van der Waals surface area contributed by atoms with Gasteiger partial charge < -0.3 is 29.3 Å². The summed E-state index contributed by atoms with van der Waals surface area (Å²) in [5.41, 5.74) is 1.74. The predicted molar refractivity (Wildman–Crippen MR) is 116 cm³/mol. The Labute approximate surface area is 222 Å². The van der Waals surface area contributed by atoms with Crippen molar-refractivity contribution in [3.8, 4) is 0 Å². The molecule has 172 valence electrons. The number of carbonyl (C=O) groups is 4. The molecule has 0 saturated heterocycles. The molecule has 0 radical (unpaired) electrons. The Morgan fingerprint density at radius 1 is 0.667 bits per heavy atom. The third kappa shape index (κ3) is 14.4. The molecule has 0 spiro atoms. The van der Waals surface area contributed by atoms with Crippen molar-refractivity contribution >= 4 is 61.6 Å². The zero-order valence-corrected chi connectivity index (χ0v) is 20.9. The molecule has 0 N–H and O–H groups in total. The summed E-state index contributed by atoms with van der Waals surface area (Å²) in [5.74, 6) is -5.17. The van der Waals surface area contributed by atoms with Gasteiger partial charge in [-0.05, 0) is 11.1 Å². The van der Waals surface area contributed by atoms with Crippen molar-refractivity contribution in [3.05, 3.63) is 71.8 Å². The van der Waals surface area contributed by atoms with Gasteiger partial charge in [0.2, 0.25) is 0 Å². The second-order valence-electron chi connectivity index (χ2n) is 7.14. The summed E-state index contributed by atoms with van der Waals surface area (Å²) in [5, 5.41) is 20.8. The maximum Gasteiger partial charge on any atom is 2.00 e. The van der Waals surface area contributed by atoms with Crippen LogP contribution in [0.15, 0.2) is 60.7 Å². The van der Waals surface area contributed by atoms with Crippen molar-refractivity contribution in [3.63, 3.8) is 0 Å². The topological polar surface area (TPSA) is 133 Å². The molecule has 2 atom stereocenters. The van der Waals surface area contributed by atoms with Gasteiger partial charge in [-0.3, -0.25) is 9.59 Å². The first-order valence-electron chi connectivity index (χ1n) is 9.99. The van der Waals surface area contributed by atoms with E-state index in [9.17, 15) is 29.4 Å². The molecule has 2 aromatic carbocycles. The number of carboxylic acid groups (broad SMARTS) is 2. The van der Waals surface area contributed by atoms with E-state index in [1.165, 1.54) is 13.8 Å². The number of hydrogen-bond acceptors (Lipinski definition) is 8. The smallest absolute Gasteiger partial charge is 0.550 e. The first kappa shape index (κ1) is 30.6. The van der Waals surface area contributed by atoms with E-state index in [1.807, 2.05) is 60.7 Å². The summed E-state index contributed by atoms with van der Waals surface area (Å²) in [6.07, 6.45) is -0.315. The SMILES string of the molecule is C[C@H](CC(=O)OCc1ccccc1)C(=O)[O-].C[C@H](CC(=O)OCc1ccccc1)C(=O)[O-].[Ca+2]. The molecule has 0 unspecified atom stereocenters. The van der Waals surface area contributed by atoms with E-state index in [0.29, 0.717) is 0 Å². The van der Waals surface area contributed by atoms with Gasteiger partial charge in [0.15, 0.2) is 0 Å². The maximum absolute atomic E-state index is 11.2. The van der Waals surface area contributed by atoms with Crippen LogP contribution < -0.4 is 10.2 Å². The summed E-state index contributed by atoms with van der Waals surface area (Å²) >= 11 is 0. The summed E-state index contributed by atoms with van der Waals surface area (Å²) < 4.78 is 9.84. The summed E-state index contributed by atoms with van der Waals surface area (Å²) in [6.45, 7) is 3.16. The molecule has 0 bridgehead atoms. The van der Waals surface area contributed by atoms with Crippen LogP contribution in [0, 0.1) is 11.8 Å². The van der Waals surface area contributed by atoms with E-state index in [-0.39, 0.29) is 63.8 Å². The molecule has 2 aromatic rings. The molecule has 0 aliphatic carbocycles. The normalized spacial score (nSPS) is 11.5. The number of carboxylic acids is 2. The van der Waals surface area contributed by atoms with Gasteiger partial charge >= 0.3 is 49.7 Å². The largest absolute Gasteiger partial charge is 2.00 e. The summed E-state index contributed by atoms with van der Waals surface area (Å²) in [6, 6.07) is 18.4. The summed E-state index contributed by atoms with van der Waals surface area (Å²) in [7, 11) is 0. The standard InChI is InChI=1S/2C12H14O4.Ca/c2*1-9(12(14)15)7-11(13)16-8-10-5-3-2-4-6-10;/h2*2-6,9H,7-8H2,1H3,(H,14,15);/q;;+2/p-2/t2*9-;/m11./s1. The second-order valence-corrected chi connectivity index (χ2v) is 7.14. The number of rotatable bonds is 10. The number of carbonyl (C=O) groups excluding carboxylic acids is 4. The molecule has 0 saturated carbocycles. The second kappa shape index (κ2) is 17.1. The first-order chi connectivity index (χ1) is 15.2. The van der Waals surface area contributed by atoms with E-state index in [4.69, 9.17) is 9.47 Å². The monoisotopic (exact) mass is 482 g/mol. The van der Waals surface area contributed by atoms with Crippen molar-refractivity contribution in [2.45, 2.75) is 39.9 Å². The molecule has 0 aliphatic heterocycles. The Kier molecular flexibility index (Phi) is 15.9. The molecule has 0 heterocycles. The Bertz CT molecular complexity index is 797. The van der Waals surface area contributed by atoms with E-state index in [1.54, 1.807) is 0 Å². The Balaban J connectivity index is 0.000000602. The summed E-state index contributed by atoms with van der Waals surface area (Å²) in [4.78, 5) is 43.2. The van der Waals surface area contributed by atoms with E-state index in [0.717, 1.165) is 11.1 Å². The van der Waals surface area contributed by atoms with Crippen molar-refractivity contribution in [2.75, 3.05) is 0 Å². The molecule has 8 nitrogen and oxygen atoms in total. The van der Waals surface area contributed by atoms with Gasteiger partial charge in [-0.25, -0.2) is 0 Å². The van der Waals surface area contributed by atoms with Crippen molar-refractivity contribution in [1.82, 2.24) is 0 Å². The van der Waals surface area contributed by atoms with Crippen LogP contribution in [-0.2, 0) is 41.9 Å². The van der Waals surface area contributed by atoms with Gasteiger partial charge in [0.25, 0.3) is 0 Å². The average Bonchev–Trinajstić information content (AvgIpc) is 2.78. The van der Waals surface area contributed by atoms with Gasteiger partial charge in [-0.15, -0.1) is 0 Å². The number of esters is 2. The number of benzene rings is 2. The van der Waals surface area contributed by atoms with E-state index in [2.05, 4.69) is 0 Å². The van der Waals surface area contributed by atoms with Crippen molar-refractivity contribution in [2.24, 2.45) is 11.8 Å². The van der Waals surface area contributed by atoms with Crippen LogP contribution in [0.4, 0.5) is 0 Å². The number of hydrogen-bond donors (Lipinski definition) is 0. The third-order valence-corrected chi connectivity index (χ3v) is 4.24. The Morgan fingerprint density at radius 2 is 0.970 bits per heavy atom. The Hall–Kier alpha value is -2.42. The quantitative estimate of drug-likeness (QED) is 0.356. The number of ether oxygens (including phenoxy) is 2. The van der Waals surface area contributed by atoms with Crippen LogP contribution in [-0.4, -0.2) is 61.6 Å². The van der Waals surface area contributed by atoms with Crippen LogP contribution in [0.3, 0.4) is 0 Å². The van der Waals surface area contributed by atoms with Crippen LogP contribution in [0.1, 0.15) is 37.8 Å². The minimum Gasteiger partial charge on any atom is -0.550 e. The van der Waals surface area contributed by atoms with Crippen LogP contribution in [0.2, 0.25) is 0 Å². The zero-order valence-electron chi connectivity index (χ0n) is 18.7. The minimum atomic E-state index is -1.24. The van der Waals surface area contributed by atoms with Crippen molar-refractivity contribution in [1.29, 1.82) is 0 Å². The fraction of sp³-hybridized carbons (Fsp3) is 0.333. The van der Waals surface area contributed by atoms with E-state index >= 15 is 0 Å². The fourth-order valence-corrected chi connectivity index (χ4v) is 2.26. The molecule has 0 fully saturated rings. The minimum absolute atomic E-state index is 0. The zero-order chi connectivity index (χ0) is 23.9.